The molecule has 1 aliphatic rings. The van der Waals surface area contributed by atoms with Crippen LogP contribution in [0.25, 0.3) is 11.0 Å². The molecule has 0 fully saturated rings. The van der Waals surface area contributed by atoms with Gasteiger partial charge in [-0.15, -0.1) is 0 Å². The molecule has 8 nitrogen and oxygen atoms in total. The number of esters is 1. The molecule has 0 saturated heterocycles. The first kappa shape index (κ1) is 28.8. The molecule has 10 heteroatoms. The first-order valence-corrected chi connectivity index (χ1v) is 14.2. The molecule has 6 rings (SSSR count). The van der Waals surface area contributed by atoms with Crippen molar-refractivity contribution < 1.29 is 32.5 Å². The summed E-state index contributed by atoms with van der Waals surface area (Å²) in [6.07, 6.45) is 0. The Morgan fingerprint density at radius 1 is 1.07 bits per heavy atom. The number of furan rings is 1. The molecule has 0 aliphatic carbocycles. The number of fused-ring (bicyclic) bond motifs is 2. The summed E-state index contributed by atoms with van der Waals surface area (Å²) in [6, 6.07) is 24.1. The molecule has 2 heterocycles. The van der Waals surface area contributed by atoms with Gasteiger partial charge >= 0.3 is 5.97 Å². The predicted molar refractivity (Wildman–Crippen MR) is 163 cm³/mol. The maximum Gasteiger partial charge on any atom is 0.379 e. The van der Waals surface area contributed by atoms with Crippen LogP contribution in [0, 0.1) is 24.1 Å². The fraction of sp³-hybridized carbons (Fsp3) is 0.118. The fourth-order valence-electron chi connectivity index (χ4n) is 5.14. The summed E-state index contributed by atoms with van der Waals surface area (Å²) in [7, 11) is 1.49. The van der Waals surface area contributed by atoms with Gasteiger partial charge < -0.3 is 29.1 Å². The smallest absolute Gasteiger partial charge is 0.379 e. The van der Waals surface area contributed by atoms with Gasteiger partial charge in [0.15, 0.2) is 11.5 Å². The summed E-state index contributed by atoms with van der Waals surface area (Å²) in [6.45, 7) is 1.79. The number of hydrogen-bond acceptors (Lipinski definition) is 8. The lowest BCUT2D eigenvalue weighted by atomic mass is 9.83. The molecule has 0 radical (unpaired) electrons. The third kappa shape index (κ3) is 5.34. The molecule has 0 spiro atoms. The van der Waals surface area contributed by atoms with Crippen molar-refractivity contribution in [3.63, 3.8) is 0 Å². The number of nitrogens with two attached hydrogens (primary N) is 1. The van der Waals surface area contributed by atoms with Crippen LogP contribution in [0.15, 0.2) is 99.2 Å². The molecule has 220 valence electrons. The highest BCUT2D eigenvalue weighted by Crippen LogP contribution is 2.45. The van der Waals surface area contributed by atoms with Gasteiger partial charge in [-0.3, -0.25) is 0 Å². The number of hydrogen-bond donors (Lipinski definition) is 1. The van der Waals surface area contributed by atoms with Gasteiger partial charge in [-0.05, 0) is 55.0 Å². The number of methoxy groups -OCH3 is 1. The monoisotopic (exact) mass is 654 g/mol. The van der Waals surface area contributed by atoms with E-state index in [1.165, 1.54) is 13.2 Å². The molecule has 0 saturated carbocycles. The van der Waals surface area contributed by atoms with Crippen LogP contribution >= 0.6 is 15.9 Å². The van der Waals surface area contributed by atoms with Gasteiger partial charge in [0.05, 0.1) is 13.0 Å². The van der Waals surface area contributed by atoms with Gasteiger partial charge in [-0.1, -0.05) is 46.3 Å². The van der Waals surface area contributed by atoms with E-state index in [0.717, 1.165) is 9.86 Å². The lowest BCUT2D eigenvalue weighted by Gasteiger charge is -2.27. The van der Waals surface area contributed by atoms with Gasteiger partial charge in [0.2, 0.25) is 11.6 Å². The maximum absolute atomic E-state index is 14.1. The maximum atomic E-state index is 14.1. The Balaban J connectivity index is 1.29. The van der Waals surface area contributed by atoms with Crippen LogP contribution in [-0.2, 0) is 6.61 Å². The minimum absolute atomic E-state index is 0.00534. The Morgan fingerprint density at radius 3 is 2.66 bits per heavy atom. The molecule has 0 amide bonds. The highest BCUT2D eigenvalue weighted by Gasteiger charge is 2.32. The largest absolute Gasteiger partial charge is 0.493 e. The van der Waals surface area contributed by atoms with Crippen LogP contribution in [0.4, 0.5) is 4.39 Å². The van der Waals surface area contributed by atoms with Gasteiger partial charge in [-0.2, -0.15) is 5.26 Å². The van der Waals surface area contributed by atoms with Crippen molar-refractivity contribution in [2.45, 2.75) is 19.4 Å². The van der Waals surface area contributed by atoms with Crippen molar-refractivity contribution in [2.24, 2.45) is 5.73 Å². The van der Waals surface area contributed by atoms with Crippen molar-refractivity contribution >= 4 is 32.9 Å². The summed E-state index contributed by atoms with van der Waals surface area (Å²) in [5, 5.41) is 10.8. The van der Waals surface area contributed by atoms with Crippen molar-refractivity contribution in [1.29, 1.82) is 5.26 Å². The van der Waals surface area contributed by atoms with E-state index >= 15 is 0 Å². The van der Waals surface area contributed by atoms with E-state index in [2.05, 4.69) is 22.0 Å². The van der Waals surface area contributed by atoms with Gasteiger partial charge in [0.25, 0.3) is 0 Å². The minimum Gasteiger partial charge on any atom is -0.493 e. The zero-order valence-electron chi connectivity index (χ0n) is 23.5. The molecule has 1 aromatic heterocycles. The zero-order valence-corrected chi connectivity index (χ0v) is 25.1. The quantitative estimate of drug-likeness (QED) is 0.140. The standard InChI is InChI=1S/C34H24BrFN2O6/c1-18-23-10-8-21(35)14-28(23)43-32(18)34(39)42-22-9-11-24-29(15-22)44-33(38)25(16-37)31(24)19-7-12-27(30(13-19)40-2)41-17-20-5-3-4-6-26(20)36/h3-15,31H,17,38H2,1-2H3. The average Bonchev–Trinajstić information content (AvgIpc) is 3.35. The summed E-state index contributed by atoms with van der Waals surface area (Å²) < 4.78 is 43.6. The molecule has 5 aromatic rings. The number of carbonyl (C=O) groups is 1. The summed E-state index contributed by atoms with van der Waals surface area (Å²) in [5.74, 6) is -0.321. The molecule has 4 aromatic carbocycles. The number of allylic oxidation sites excluding steroid dienone is 1. The highest BCUT2D eigenvalue weighted by molar-refractivity contribution is 9.10. The molecule has 2 N–H and O–H groups in total. The minimum atomic E-state index is -0.668. The van der Waals surface area contributed by atoms with Crippen LogP contribution in [0.2, 0.25) is 0 Å². The molecule has 1 unspecified atom stereocenters. The first-order chi connectivity index (χ1) is 21.3. The molecule has 1 atom stereocenters. The van der Waals surface area contributed by atoms with E-state index in [1.807, 2.05) is 12.1 Å². The number of carbonyl (C=O) groups excluding carboxylic acids is 1. The SMILES string of the molecule is COc1cc(C2C(C#N)=C(N)Oc3cc(OC(=O)c4oc5cc(Br)ccc5c4C)ccc32)ccc1OCc1ccccc1F. The van der Waals surface area contributed by atoms with Crippen molar-refractivity contribution in [1.82, 2.24) is 0 Å². The van der Waals surface area contributed by atoms with Crippen molar-refractivity contribution in [3.05, 3.63) is 129 Å². The number of nitriles is 1. The molecule has 44 heavy (non-hydrogen) atoms. The Hall–Kier alpha value is -5.27. The zero-order chi connectivity index (χ0) is 31.0. The van der Waals surface area contributed by atoms with Gasteiger partial charge in [0.1, 0.15) is 41.1 Å². The second-order valence-electron chi connectivity index (χ2n) is 10.0. The number of nitrogens with zero attached hydrogens (tertiary/aromatic N) is 1. The molecule has 1 aliphatic heterocycles. The van der Waals surface area contributed by atoms with Crippen LogP contribution in [0.5, 0.6) is 23.0 Å². The molecular formula is C34H24BrFN2O6. The Kier molecular flexibility index (Phi) is 7.72. The third-order valence-corrected chi connectivity index (χ3v) is 7.84. The van der Waals surface area contributed by atoms with E-state index in [9.17, 15) is 14.4 Å². The van der Waals surface area contributed by atoms with Gasteiger partial charge in [0, 0.05) is 32.6 Å². The predicted octanol–water partition coefficient (Wildman–Crippen LogP) is 7.67. The summed E-state index contributed by atoms with van der Waals surface area (Å²) in [4.78, 5) is 13.1. The van der Waals surface area contributed by atoms with Crippen molar-refractivity contribution in [3.8, 4) is 29.1 Å². The molecule has 0 bridgehead atoms. The molecular weight excluding hydrogens is 631 g/mol. The van der Waals surface area contributed by atoms with Gasteiger partial charge in [-0.25, -0.2) is 9.18 Å². The highest BCUT2D eigenvalue weighted by atomic mass is 79.9. The lowest BCUT2D eigenvalue weighted by Crippen LogP contribution is -2.21. The number of aryl methyl sites for hydroxylation is 1. The fourth-order valence-corrected chi connectivity index (χ4v) is 5.48. The number of ether oxygens (including phenoxy) is 4. The van der Waals surface area contributed by atoms with E-state index in [4.69, 9.17) is 29.1 Å². The Bertz CT molecular complexity index is 2010. The first-order valence-electron chi connectivity index (χ1n) is 13.4. The second-order valence-corrected chi connectivity index (χ2v) is 10.9. The van der Waals surface area contributed by atoms with E-state index in [0.29, 0.717) is 45.1 Å². The normalized spacial score (nSPS) is 14.0. The Labute approximate surface area is 260 Å². The lowest BCUT2D eigenvalue weighted by molar-refractivity contribution is 0.0702. The Morgan fingerprint density at radius 2 is 1.89 bits per heavy atom. The van der Waals surface area contributed by atoms with E-state index in [1.54, 1.807) is 67.6 Å². The van der Waals surface area contributed by atoms with Crippen LogP contribution in [0.1, 0.15) is 38.7 Å². The summed E-state index contributed by atoms with van der Waals surface area (Å²) in [5.41, 5.74) is 9.32. The van der Waals surface area contributed by atoms with Crippen LogP contribution < -0.4 is 24.7 Å². The van der Waals surface area contributed by atoms with Crippen LogP contribution in [0.3, 0.4) is 0 Å². The van der Waals surface area contributed by atoms with E-state index in [-0.39, 0.29) is 35.4 Å². The second kappa shape index (κ2) is 11.8. The number of halogens is 2. The third-order valence-electron chi connectivity index (χ3n) is 7.35. The van der Waals surface area contributed by atoms with Crippen LogP contribution in [-0.4, -0.2) is 13.1 Å². The summed E-state index contributed by atoms with van der Waals surface area (Å²) >= 11 is 3.41. The number of rotatable bonds is 7. The average molecular weight is 655 g/mol. The van der Waals surface area contributed by atoms with Crippen molar-refractivity contribution in [2.75, 3.05) is 7.11 Å². The topological polar surface area (TPSA) is 117 Å². The van der Waals surface area contributed by atoms with E-state index < -0.39 is 11.9 Å². The number of benzene rings is 4.